The number of likely N-dealkylation sites (N-methyl/N-ethyl adjacent to an activating group) is 2. The largest absolute Gasteiger partial charge is 0.388 e. The highest BCUT2D eigenvalue weighted by Crippen LogP contribution is 2.01. The Balaban J connectivity index is 4.01. The molecule has 0 aromatic heterocycles. The van der Waals surface area contributed by atoms with Gasteiger partial charge in [-0.2, -0.15) is 0 Å². The second-order valence-corrected chi connectivity index (χ2v) is 3.52. The predicted octanol–water partition coefficient (Wildman–Crippen LogP) is -0.248. The smallest absolute Gasteiger partial charge is 0.262 e. The van der Waals surface area contributed by atoms with E-state index in [1.54, 1.807) is 21.0 Å². The molecular weight excluding hydrogens is 208 g/mol. The van der Waals surface area contributed by atoms with Crippen LogP contribution >= 0.6 is 0 Å². The molecule has 0 aliphatic rings. The summed E-state index contributed by atoms with van der Waals surface area (Å²) in [6.07, 6.45) is 1.52. The van der Waals surface area contributed by atoms with Crippen LogP contribution in [-0.4, -0.2) is 50.6 Å². The van der Waals surface area contributed by atoms with Gasteiger partial charge in [-0.05, 0) is 26.8 Å². The quantitative estimate of drug-likeness (QED) is 0.273. The third-order valence-corrected chi connectivity index (χ3v) is 2.24. The lowest BCUT2D eigenvalue weighted by Gasteiger charge is -2.20. The number of hydrogen-bond donors (Lipinski definition) is 2. The first-order valence-electron chi connectivity index (χ1n) is 5.28. The van der Waals surface area contributed by atoms with Crippen LogP contribution in [0.2, 0.25) is 0 Å². The van der Waals surface area contributed by atoms with Gasteiger partial charge in [0.25, 0.3) is 5.91 Å². The summed E-state index contributed by atoms with van der Waals surface area (Å²) in [5, 5.41) is 4.18. The van der Waals surface area contributed by atoms with Crippen molar-refractivity contribution < 1.29 is 9.63 Å². The third-order valence-electron chi connectivity index (χ3n) is 2.24. The molecule has 0 unspecified atom stereocenters. The lowest BCUT2D eigenvalue weighted by atomic mass is 10.1. The van der Waals surface area contributed by atoms with Crippen LogP contribution in [0.25, 0.3) is 0 Å². The molecule has 0 aliphatic heterocycles. The highest BCUT2D eigenvalue weighted by molar-refractivity contribution is 5.80. The number of nitrogens with one attached hydrogen (secondary N) is 1. The summed E-state index contributed by atoms with van der Waals surface area (Å²) >= 11 is 0. The standard InChI is InChI=1S/C10H22N4O2/c1-8(11)13-7-5-6-9(12-2)10(15)14(3)16-4/h9,12H,5-7H2,1-4H3,(H2,11,13)/t9-/m0/s1. The van der Waals surface area contributed by atoms with Gasteiger partial charge in [0.2, 0.25) is 0 Å². The number of hydrogen-bond acceptors (Lipinski definition) is 4. The van der Waals surface area contributed by atoms with Crippen molar-refractivity contribution >= 4 is 11.7 Å². The number of carbonyl (C=O) groups excluding carboxylic acids is 1. The van der Waals surface area contributed by atoms with E-state index in [1.165, 1.54) is 12.2 Å². The molecule has 16 heavy (non-hydrogen) atoms. The third kappa shape index (κ3) is 5.67. The Kier molecular flexibility index (Phi) is 7.49. The first-order chi connectivity index (χ1) is 7.52. The van der Waals surface area contributed by atoms with Crippen LogP contribution in [0.4, 0.5) is 0 Å². The van der Waals surface area contributed by atoms with Gasteiger partial charge in [-0.1, -0.05) is 0 Å². The molecule has 3 N–H and O–H groups in total. The molecule has 0 aromatic carbocycles. The molecule has 1 atom stereocenters. The van der Waals surface area contributed by atoms with Gasteiger partial charge in [-0.3, -0.25) is 14.6 Å². The van der Waals surface area contributed by atoms with Crippen LogP contribution in [0.3, 0.4) is 0 Å². The lowest BCUT2D eigenvalue weighted by Crippen LogP contribution is -2.43. The van der Waals surface area contributed by atoms with E-state index in [0.29, 0.717) is 18.8 Å². The van der Waals surface area contributed by atoms with Gasteiger partial charge >= 0.3 is 0 Å². The van der Waals surface area contributed by atoms with Gasteiger partial charge in [0.05, 0.1) is 19.0 Å². The second kappa shape index (κ2) is 8.06. The summed E-state index contributed by atoms with van der Waals surface area (Å²) in [5.74, 6) is 0.486. The predicted molar refractivity (Wildman–Crippen MR) is 64.0 cm³/mol. The van der Waals surface area contributed by atoms with Crippen molar-refractivity contribution in [3.8, 4) is 0 Å². The lowest BCUT2D eigenvalue weighted by molar-refractivity contribution is -0.171. The van der Waals surface area contributed by atoms with Gasteiger partial charge in [0.1, 0.15) is 0 Å². The minimum absolute atomic E-state index is 0.0848. The van der Waals surface area contributed by atoms with Gasteiger partial charge in [0, 0.05) is 13.6 Å². The number of nitrogens with zero attached hydrogens (tertiary/aromatic N) is 2. The van der Waals surface area contributed by atoms with Crippen molar-refractivity contribution in [1.29, 1.82) is 0 Å². The van der Waals surface area contributed by atoms with Crippen LogP contribution < -0.4 is 11.1 Å². The SMILES string of the molecule is CN[C@@H](CCCN=C(C)N)C(=O)N(C)OC. The van der Waals surface area contributed by atoms with E-state index >= 15 is 0 Å². The van der Waals surface area contributed by atoms with Crippen LogP contribution in [-0.2, 0) is 9.63 Å². The van der Waals surface area contributed by atoms with Gasteiger partial charge in [0.15, 0.2) is 0 Å². The average molecular weight is 230 g/mol. The van der Waals surface area contributed by atoms with E-state index in [2.05, 4.69) is 10.3 Å². The van der Waals surface area contributed by atoms with Gasteiger partial charge in [-0.25, -0.2) is 5.06 Å². The van der Waals surface area contributed by atoms with Gasteiger partial charge < -0.3 is 11.1 Å². The Morgan fingerprint density at radius 1 is 1.62 bits per heavy atom. The maximum atomic E-state index is 11.7. The van der Waals surface area contributed by atoms with E-state index in [0.717, 1.165) is 6.42 Å². The van der Waals surface area contributed by atoms with Crippen LogP contribution in [0.15, 0.2) is 4.99 Å². The Hall–Kier alpha value is -1.14. The Bertz CT molecular complexity index is 239. The fourth-order valence-electron chi connectivity index (χ4n) is 1.25. The molecule has 1 amide bonds. The summed E-state index contributed by atoms with van der Waals surface area (Å²) in [5.41, 5.74) is 5.41. The maximum Gasteiger partial charge on any atom is 0.262 e. The number of nitrogens with two attached hydrogens (primary N) is 1. The number of amidine groups is 1. The van der Waals surface area contributed by atoms with Crippen molar-refractivity contribution in [2.75, 3.05) is 27.7 Å². The first kappa shape index (κ1) is 14.9. The van der Waals surface area contributed by atoms with Crippen molar-refractivity contribution in [3.63, 3.8) is 0 Å². The molecule has 0 fully saturated rings. The number of rotatable bonds is 7. The van der Waals surface area contributed by atoms with Crippen LogP contribution in [0, 0.1) is 0 Å². The van der Waals surface area contributed by atoms with E-state index in [9.17, 15) is 4.79 Å². The number of hydroxylamine groups is 2. The minimum atomic E-state index is -0.238. The number of amides is 1. The molecule has 94 valence electrons. The molecule has 0 aromatic rings. The van der Waals surface area contributed by atoms with E-state index < -0.39 is 0 Å². The van der Waals surface area contributed by atoms with Crippen molar-refractivity contribution in [1.82, 2.24) is 10.4 Å². The first-order valence-corrected chi connectivity index (χ1v) is 5.28. The molecule has 0 aliphatic carbocycles. The van der Waals surface area contributed by atoms with Crippen molar-refractivity contribution in [3.05, 3.63) is 0 Å². The summed E-state index contributed by atoms with van der Waals surface area (Å²) in [6.45, 7) is 2.39. The molecule has 0 radical (unpaired) electrons. The Morgan fingerprint density at radius 2 is 2.25 bits per heavy atom. The Labute approximate surface area is 96.8 Å². The van der Waals surface area contributed by atoms with E-state index in [-0.39, 0.29) is 11.9 Å². The van der Waals surface area contributed by atoms with Crippen molar-refractivity contribution in [2.24, 2.45) is 10.7 Å². The van der Waals surface area contributed by atoms with E-state index in [1.807, 2.05) is 0 Å². The maximum absolute atomic E-state index is 11.7. The zero-order valence-electron chi connectivity index (χ0n) is 10.5. The summed E-state index contributed by atoms with van der Waals surface area (Å²) < 4.78 is 0. The Morgan fingerprint density at radius 3 is 2.69 bits per heavy atom. The summed E-state index contributed by atoms with van der Waals surface area (Å²) in [7, 11) is 4.81. The molecule has 0 heterocycles. The molecular formula is C10H22N4O2. The summed E-state index contributed by atoms with van der Waals surface area (Å²) in [6, 6.07) is -0.238. The van der Waals surface area contributed by atoms with Gasteiger partial charge in [-0.15, -0.1) is 0 Å². The molecule has 6 heteroatoms. The van der Waals surface area contributed by atoms with E-state index in [4.69, 9.17) is 10.6 Å². The molecule has 0 rings (SSSR count). The zero-order chi connectivity index (χ0) is 12.6. The number of carbonyl (C=O) groups is 1. The average Bonchev–Trinajstić information content (AvgIpc) is 2.27. The monoisotopic (exact) mass is 230 g/mol. The second-order valence-electron chi connectivity index (χ2n) is 3.52. The fourth-order valence-corrected chi connectivity index (χ4v) is 1.25. The number of aliphatic imine (C=N–C) groups is 1. The topological polar surface area (TPSA) is 79.9 Å². The van der Waals surface area contributed by atoms with Crippen molar-refractivity contribution in [2.45, 2.75) is 25.8 Å². The molecule has 0 saturated heterocycles. The molecule has 6 nitrogen and oxygen atoms in total. The highest BCUT2D eigenvalue weighted by Gasteiger charge is 2.19. The van der Waals surface area contributed by atoms with Crippen LogP contribution in [0.1, 0.15) is 19.8 Å². The normalized spacial score (nSPS) is 13.6. The molecule has 0 bridgehead atoms. The van der Waals surface area contributed by atoms with Crippen LogP contribution in [0.5, 0.6) is 0 Å². The fraction of sp³-hybridized carbons (Fsp3) is 0.800. The zero-order valence-corrected chi connectivity index (χ0v) is 10.5. The summed E-state index contributed by atoms with van der Waals surface area (Å²) in [4.78, 5) is 20.6. The molecule has 0 saturated carbocycles. The molecule has 0 spiro atoms. The highest BCUT2D eigenvalue weighted by atomic mass is 16.7. The minimum Gasteiger partial charge on any atom is -0.388 e.